The average molecular weight is 327 g/mol. The number of alkyl halides is 3. The van der Waals surface area contributed by atoms with E-state index in [1.54, 1.807) is 0 Å². The van der Waals surface area contributed by atoms with Gasteiger partial charge in [0.2, 0.25) is 10.0 Å². The van der Waals surface area contributed by atoms with E-state index in [-0.39, 0.29) is 18.8 Å². The standard InChI is InChI=1S/C10H12F3N3O4S/c1-21(19,20)15-5-4-14-7-2-3-9(16(17)18)8(6-7)10(11,12)13/h2-3,6,14-15H,4-5H2,1H3. The highest BCUT2D eigenvalue weighted by molar-refractivity contribution is 7.88. The Kier molecular flexibility index (Phi) is 5.12. The van der Waals surface area contributed by atoms with E-state index >= 15 is 0 Å². The minimum atomic E-state index is -4.86. The van der Waals surface area contributed by atoms with Crippen LogP contribution in [0.2, 0.25) is 0 Å². The van der Waals surface area contributed by atoms with Gasteiger partial charge in [-0.1, -0.05) is 0 Å². The maximum Gasteiger partial charge on any atom is 0.423 e. The fraction of sp³-hybridized carbons (Fsp3) is 0.400. The van der Waals surface area contributed by atoms with Crippen LogP contribution in [-0.4, -0.2) is 32.7 Å². The predicted molar refractivity (Wildman–Crippen MR) is 69.4 cm³/mol. The Bertz CT molecular complexity index is 631. The van der Waals surface area contributed by atoms with E-state index in [2.05, 4.69) is 10.0 Å². The van der Waals surface area contributed by atoms with Crippen LogP contribution in [0.3, 0.4) is 0 Å². The monoisotopic (exact) mass is 327 g/mol. The zero-order valence-corrected chi connectivity index (χ0v) is 11.6. The number of anilines is 1. The Morgan fingerprint density at radius 2 is 1.90 bits per heavy atom. The fourth-order valence-electron chi connectivity index (χ4n) is 1.48. The van der Waals surface area contributed by atoms with Crippen molar-refractivity contribution in [1.82, 2.24) is 4.72 Å². The highest BCUT2D eigenvalue weighted by Gasteiger charge is 2.38. The average Bonchev–Trinajstić information content (AvgIpc) is 2.32. The van der Waals surface area contributed by atoms with Crippen LogP contribution in [-0.2, 0) is 16.2 Å². The molecule has 1 aromatic carbocycles. The second kappa shape index (κ2) is 6.26. The Morgan fingerprint density at radius 1 is 1.29 bits per heavy atom. The number of hydrogen-bond donors (Lipinski definition) is 2. The van der Waals surface area contributed by atoms with Crippen LogP contribution in [0.4, 0.5) is 24.5 Å². The molecule has 0 aliphatic heterocycles. The fourth-order valence-corrected chi connectivity index (χ4v) is 1.95. The van der Waals surface area contributed by atoms with Gasteiger partial charge in [0.1, 0.15) is 5.56 Å². The summed E-state index contributed by atoms with van der Waals surface area (Å²) in [5.74, 6) is 0. The third-order valence-corrected chi connectivity index (χ3v) is 3.05. The molecule has 0 aliphatic rings. The van der Waals surface area contributed by atoms with Gasteiger partial charge >= 0.3 is 6.18 Å². The Morgan fingerprint density at radius 3 is 2.38 bits per heavy atom. The number of nitrogens with zero attached hydrogens (tertiary/aromatic N) is 1. The molecule has 0 amide bonds. The molecule has 0 fully saturated rings. The van der Waals surface area contributed by atoms with E-state index in [1.165, 1.54) is 0 Å². The number of rotatable bonds is 6. The van der Waals surface area contributed by atoms with Gasteiger partial charge in [0.15, 0.2) is 0 Å². The molecule has 1 rings (SSSR count). The second-order valence-corrected chi connectivity index (χ2v) is 5.91. The predicted octanol–water partition coefficient (Wildman–Crippen LogP) is 1.57. The first-order chi connectivity index (χ1) is 9.50. The third-order valence-electron chi connectivity index (χ3n) is 2.32. The van der Waals surface area contributed by atoms with Crippen molar-refractivity contribution in [1.29, 1.82) is 0 Å². The highest BCUT2D eigenvalue weighted by Crippen LogP contribution is 2.37. The van der Waals surface area contributed by atoms with Gasteiger partial charge in [-0.2, -0.15) is 13.2 Å². The molecule has 0 bridgehead atoms. The van der Waals surface area contributed by atoms with Gasteiger partial charge < -0.3 is 5.32 Å². The highest BCUT2D eigenvalue weighted by atomic mass is 32.2. The van der Waals surface area contributed by atoms with Crippen molar-refractivity contribution >= 4 is 21.4 Å². The number of benzene rings is 1. The van der Waals surface area contributed by atoms with E-state index in [1.807, 2.05) is 0 Å². The molecule has 118 valence electrons. The van der Waals surface area contributed by atoms with E-state index in [0.29, 0.717) is 6.07 Å². The minimum Gasteiger partial charge on any atom is -0.384 e. The van der Waals surface area contributed by atoms with Gasteiger partial charge in [-0.25, -0.2) is 13.1 Å². The Balaban J connectivity index is 2.84. The lowest BCUT2D eigenvalue weighted by Crippen LogP contribution is -2.27. The van der Waals surface area contributed by atoms with Crippen molar-refractivity contribution in [3.8, 4) is 0 Å². The smallest absolute Gasteiger partial charge is 0.384 e. The van der Waals surface area contributed by atoms with Crippen molar-refractivity contribution < 1.29 is 26.5 Å². The molecule has 0 heterocycles. The van der Waals surface area contributed by atoms with Crippen molar-refractivity contribution in [2.24, 2.45) is 0 Å². The van der Waals surface area contributed by atoms with Crippen LogP contribution in [0.25, 0.3) is 0 Å². The van der Waals surface area contributed by atoms with Crippen LogP contribution in [0.1, 0.15) is 5.56 Å². The second-order valence-electron chi connectivity index (χ2n) is 4.08. The summed E-state index contributed by atoms with van der Waals surface area (Å²) in [6.45, 7) is -0.000645. The van der Waals surface area contributed by atoms with Crippen molar-refractivity contribution in [2.45, 2.75) is 6.18 Å². The first kappa shape index (κ1) is 17.2. The first-order valence-electron chi connectivity index (χ1n) is 5.55. The van der Waals surface area contributed by atoms with E-state index in [0.717, 1.165) is 18.4 Å². The summed E-state index contributed by atoms with van der Waals surface area (Å²) in [5.41, 5.74) is -2.40. The summed E-state index contributed by atoms with van der Waals surface area (Å²) < 4.78 is 61.8. The molecule has 21 heavy (non-hydrogen) atoms. The molecule has 7 nitrogen and oxygen atoms in total. The summed E-state index contributed by atoms with van der Waals surface area (Å²) >= 11 is 0. The van der Waals surface area contributed by atoms with Crippen molar-refractivity contribution in [3.63, 3.8) is 0 Å². The largest absolute Gasteiger partial charge is 0.423 e. The molecule has 1 aromatic rings. The molecule has 0 aromatic heterocycles. The quantitative estimate of drug-likeness (QED) is 0.469. The summed E-state index contributed by atoms with van der Waals surface area (Å²) in [4.78, 5) is 9.45. The van der Waals surface area contributed by atoms with Crippen LogP contribution in [0, 0.1) is 10.1 Å². The van der Waals surface area contributed by atoms with Crippen LogP contribution in [0.15, 0.2) is 18.2 Å². The molecule has 0 radical (unpaired) electrons. The molecular formula is C10H12F3N3O4S. The van der Waals surface area contributed by atoms with Crippen molar-refractivity contribution in [2.75, 3.05) is 24.7 Å². The summed E-state index contributed by atoms with van der Waals surface area (Å²) in [7, 11) is -3.39. The lowest BCUT2D eigenvalue weighted by Gasteiger charge is -2.11. The Hall–Kier alpha value is -1.88. The number of halogens is 3. The topological polar surface area (TPSA) is 101 Å². The minimum absolute atomic E-state index is 0.00299. The van der Waals surface area contributed by atoms with E-state index in [9.17, 15) is 31.7 Å². The summed E-state index contributed by atoms with van der Waals surface area (Å²) in [6.07, 6.45) is -3.91. The maximum absolute atomic E-state index is 12.7. The molecular weight excluding hydrogens is 315 g/mol. The van der Waals surface area contributed by atoms with E-state index < -0.39 is 32.4 Å². The summed E-state index contributed by atoms with van der Waals surface area (Å²) in [6, 6.07) is 2.47. The zero-order chi connectivity index (χ0) is 16.3. The van der Waals surface area contributed by atoms with E-state index in [4.69, 9.17) is 0 Å². The van der Waals surface area contributed by atoms with Crippen LogP contribution in [0.5, 0.6) is 0 Å². The van der Waals surface area contributed by atoms with Crippen molar-refractivity contribution in [3.05, 3.63) is 33.9 Å². The maximum atomic E-state index is 12.7. The first-order valence-corrected chi connectivity index (χ1v) is 7.44. The molecule has 0 spiro atoms. The normalized spacial score (nSPS) is 12.2. The Labute approximate surface area is 118 Å². The molecule has 2 N–H and O–H groups in total. The summed E-state index contributed by atoms with van der Waals surface area (Å²) in [5, 5.41) is 13.1. The molecule has 0 saturated heterocycles. The zero-order valence-electron chi connectivity index (χ0n) is 10.8. The molecule has 0 saturated carbocycles. The van der Waals surface area contributed by atoms with Gasteiger partial charge in [-0.15, -0.1) is 0 Å². The lowest BCUT2D eigenvalue weighted by atomic mass is 10.1. The molecule has 0 unspecified atom stereocenters. The number of nitro benzene ring substituents is 1. The van der Waals surface area contributed by atoms with Gasteiger partial charge in [-0.05, 0) is 12.1 Å². The van der Waals surface area contributed by atoms with Gasteiger partial charge in [0, 0.05) is 24.8 Å². The molecule has 0 aliphatic carbocycles. The number of hydrogen-bond acceptors (Lipinski definition) is 5. The lowest BCUT2D eigenvalue weighted by molar-refractivity contribution is -0.388. The number of sulfonamides is 1. The van der Waals surface area contributed by atoms with Gasteiger partial charge in [0.05, 0.1) is 11.2 Å². The van der Waals surface area contributed by atoms with Crippen LogP contribution >= 0.6 is 0 Å². The SMILES string of the molecule is CS(=O)(=O)NCCNc1ccc([N+](=O)[O-])c(C(F)(F)F)c1. The third kappa shape index (κ3) is 5.55. The van der Waals surface area contributed by atoms with Gasteiger partial charge in [-0.3, -0.25) is 10.1 Å². The van der Waals surface area contributed by atoms with Gasteiger partial charge in [0.25, 0.3) is 5.69 Å². The molecule has 11 heteroatoms. The number of nitro groups is 1. The number of nitrogens with one attached hydrogen (secondary N) is 2. The van der Waals surface area contributed by atoms with Crippen LogP contribution < -0.4 is 10.0 Å². The molecule has 0 atom stereocenters.